The van der Waals surface area contributed by atoms with Crippen LogP contribution in [0.1, 0.15) is 61.5 Å². The van der Waals surface area contributed by atoms with E-state index in [9.17, 15) is 31.5 Å². The SMILES string of the molecule is CCOC(=O)[C@H]1CC[C@H](CC(=O)N2CCc3c(C(F)(F)F)nn(Cc4ccc(F)cc4F)c3C2)CC1. The molecule has 1 aliphatic heterocycles. The molecule has 1 aromatic carbocycles. The lowest BCUT2D eigenvalue weighted by Gasteiger charge is -2.31. The highest BCUT2D eigenvalue weighted by Crippen LogP contribution is 2.36. The van der Waals surface area contributed by atoms with Gasteiger partial charge in [0.25, 0.3) is 0 Å². The normalized spacial score (nSPS) is 20.2. The van der Waals surface area contributed by atoms with Gasteiger partial charge in [-0.1, -0.05) is 6.07 Å². The summed E-state index contributed by atoms with van der Waals surface area (Å²) in [7, 11) is 0. The van der Waals surface area contributed by atoms with Crippen molar-refractivity contribution in [1.29, 1.82) is 0 Å². The van der Waals surface area contributed by atoms with Crippen molar-refractivity contribution < 1.29 is 36.3 Å². The van der Waals surface area contributed by atoms with E-state index in [0.717, 1.165) is 10.7 Å². The van der Waals surface area contributed by atoms with E-state index in [2.05, 4.69) is 5.10 Å². The molecule has 4 rings (SSSR count). The summed E-state index contributed by atoms with van der Waals surface area (Å²) >= 11 is 0. The molecule has 0 saturated heterocycles. The van der Waals surface area contributed by atoms with Gasteiger partial charge in [-0.3, -0.25) is 14.3 Å². The minimum absolute atomic E-state index is 0.00256. The molecule has 0 N–H and O–H groups in total. The van der Waals surface area contributed by atoms with Crippen LogP contribution >= 0.6 is 0 Å². The molecule has 0 spiro atoms. The Kier molecular flexibility index (Phi) is 7.65. The molecule has 1 saturated carbocycles. The van der Waals surface area contributed by atoms with Crippen molar-refractivity contribution in [1.82, 2.24) is 14.7 Å². The third kappa shape index (κ3) is 5.70. The average molecular weight is 514 g/mol. The van der Waals surface area contributed by atoms with Crippen molar-refractivity contribution in [2.24, 2.45) is 11.8 Å². The van der Waals surface area contributed by atoms with E-state index >= 15 is 0 Å². The maximum Gasteiger partial charge on any atom is 0.435 e. The van der Waals surface area contributed by atoms with E-state index < -0.39 is 23.5 Å². The molecule has 0 atom stereocenters. The van der Waals surface area contributed by atoms with Gasteiger partial charge in [-0.25, -0.2) is 8.78 Å². The first kappa shape index (κ1) is 26.1. The van der Waals surface area contributed by atoms with Crippen LogP contribution in [-0.2, 0) is 40.0 Å². The molecule has 2 heterocycles. The topological polar surface area (TPSA) is 64.4 Å². The van der Waals surface area contributed by atoms with Gasteiger partial charge < -0.3 is 9.64 Å². The fourth-order valence-electron chi connectivity index (χ4n) is 5.10. The molecule has 1 fully saturated rings. The number of nitrogens with zero attached hydrogens (tertiary/aromatic N) is 3. The quantitative estimate of drug-likeness (QED) is 0.408. The number of carbonyl (C=O) groups is 2. The summed E-state index contributed by atoms with van der Waals surface area (Å²) in [5.41, 5.74) is -0.831. The van der Waals surface area contributed by atoms with E-state index in [4.69, 9.17) is 4.74 Å². The zero-order valence-corrected chi connectivity index (χ0v) is 19.9. The van der Waals surface area contributed by atoms with Crippen LogP contribution in [0.4, 0.5) is 22.0 Å². The second-order valence-corrected chi connectivity index (χ2v) is 9.40. The van der Waals surface area contributed by atoms with E-state index in [1.54, 1.807) is 6.92 Å². The molecule has 36 heavy (non-hydrogen) atoms. The van der Waals surface area contributed by atoms with Crippen molar-refractivity contribution >= 4 is 11.9 Å². The van der Waals surface area contributed by atoms with Crippen LogP contribution in [0, 0.1) is 23.5 Å². The first-order valence-electron chi connectivity index (χ1n) is 12.1. The first-order valence-corrected chi connectivity index (χ1v) is 12.1. The summed E-state index contributed by atoms with van der Waals surface area (Å²) < 4.78 is 74.6. The Hall–Kier alpha value is -2.98. The largest absolute Gasteiger partial charge is 0.466 e. The predicted molar refractivity (Wildman–Crippen MR) is 119 cm³/mol. The number of fused-ring (bicyclic) bond motifs is 1. The molecule has 2 aromatic rings. The molecule has 6 nitrogen and oxygen atoms in total. The van der Waals surface area contributed by atoms with Gasteiger partial charge in [0.05, 0.1) is 31.3 Å². The lowest BCUT2D eigenvalue weighted by atomic mass is 9.80. The molecule has 196 valence electrons. The Bertz CT molecular complexity index is 1120. The maximum atomic E-state index is 14.2. The van der Waals surface area contributed by atoms with Gasteiger partial charge in [-0.2, -0.15) is 18.3 Å². The zero-order chi connectivity index (χ0) is 26.0. The summed E-state index contributed by atoms with van der Waals surface area (Å²) in [6.07, 6.45) is -1.77. The van der Waals surface area contributed by atoms with Crippen LogP contribution in [0.15, 0.2) is 18.2 Å². The summed E-state index contributed by atoms with van der Waals surface area (Å²) in [6.45, 7) is 1.83. The van der Waals surface area contributed by atoms with Crippen LogP contribution in [0.3, 0.4) is 0 Å². The Morgan fingerprint density at radius 2 is 1.86 bits per heavy atom. The van der Waals surface area contributed by atoms with Crippen molar-refractivity contribution in [3.05, 3.63) is 52.3 Å². The second kappa shape index (κ2) is 10.6. The summed E-state index contributed by atoms with van der Waals surface area (Å²) in [6, 6.07) is 2.87. The minimum Gasteiger partial charge on any atom is -0.466 e. The number of halogens is 5. The number of esters is 1. The first-order chi connectivity index (χ1) is 17.1. The fraction of sp³-hybridized carbons (Fsp3) is 0.560. The van der Waals surface area contributed by atoms with Crippen molar-refractivity contribution in [2.45, 2.75) is 64.7 Å². The molecule has 1 amide bonds. The third-order valence-corrected chi connectivity index (χ3v) is 7.03. The van der Waals surface area contributed by atoms with Gasteiger partial charge in [0, 0.05) is 30.2 Å². The highest BCUT2D eigenvalue weighted by atomic mass is 19.4. The van der Waals surface area contributed by atoms with E-state index in [-0.39, 0.29) is 73.0 Å². The summed E-state index contributed by atoms with van der Waals surface area (Å²) in [4.78, 5) is 26.5. The number of ether oxygens (including phenoxy) is 1. The third-order valence-electron chi connectivity index (χ3n) is 7.03. The van der Waals surface area contributed by atoms with Crippen molar-refractivity contribution in [2.75, 3.05) is 13.2 Å². The Morgan fingerprint density at radius 1 is 1.14 bits per heavy atom. The number of hydrogen-bond acceptors (Lipinski definition) is 4. The van der Waals surface area contributed by atoms with Crippen LogP contribution in [-0.4, -0.2) is 39.7 Å². The Morgan fingerprint density at radius 3 is 2.50 bits per heavy atom. The zero-order valence-electron chi connectivity index (χ0n) is 19.9. The van der Waals surface area contributed by atoms with Gasteiger partial charge >= 0.3 is 12.1 Å². The standard InChI is InChI=1S/C25H28F5N3O3/c1-2-36-24(35)16-5-3-15(4-6-16)11-22(34)32-10-9-19-21(14-32)33(31-23(19)25(28,29)30)13-17-7-8-18(26)12-20(17)27/h7-8,12,15-16H,2-6,9-11,13-14H2,1H3/t15-,16-. The Balaban J connectivity index is 1.47. The molecule has 0 radical (unpaired) electrons. The van der Waals surface area contributed by atoms with Gasteiger partial charge in [0.15, 0.2) is 5.69 Å². The van der Waals surface area contributed by atoms with Gasteiger partial charge in [0.1, 0.15) is 11.6 Å². The number of rotatable bonds is 6. The predicted octanol–water partition coefficient (Wildman–Crippen LogP) is 4.87. The fourth-order valence-corrected chi connectivity index (χ4v) is 5.10. The van der Waals surface area contributed by atoms with Gasteiger partial charge in [-0.15, -0.1) is 0 Å². The van der Waals surface area contributed by atoms with E-state index in [1.165, 1.54) is 11.0 Å². The van der Waals surface area contributed by atoms with Crippen LogP contribution in [0.5, 0.6) is 0 Å². The van der Waals surface area contributed by atoms with Crippen molar-refractivity contribution in [3.8, 4) is 0 Å². The molecule has 11 heteroatoms. The summed E-state index contributed by atoms with van der Waals surface area (Å²) in [5, 5.41) is 3.72. The smallest absolute Gasteiger partial charge is 0.435 e. The molecule has 1 aromatic heterocycles. The number of amides is 1. The highest BCUT2D eigenvalue weighted by molar-refractivity contribution is 5.77. The van der Waals surface area contributed by atoms with E-state index in [1.807, 2.05) is 0 Å². The van der Waals surface area contributed by atoms with E-state index in [0.29, 0.717) is 38.4 Å². The second-order valence-electron chi connectivity index (χ2n) is 9.40. The van der Waals surface area contributed by atoms with Crippen LogP contribution < -0.4 is 0 Å². The molecule has 2 aliphatic rings. The molecule has 1 aliphatic carbocycles. The monoisotopic (exact) mass is 513 g/mol. The molecule has 0 unspecified atom stereocenters. The van der Waals surface area contributed by atoms with Gasteiger partial charge in [-0.05, 0) is 51.0 Å². The highest BCUT2D eigenvalue weighted by Gasteiger charge is 2.41. The van der Waals surface area contributed by atoms with Crippen LogP contribution in [0.25, 0.3) is 0 Å². The number of alkyl halides is 3. The number of carbonyl (C=O) groups excluding carboxylic acids is 2. The van der Waals surface area contributed by atoms with Gasteiger partial charge in [0.2, 0.25) is 5.91 Å². The lowest BCUT2D eigenvalue weighted by molar-refractivity contribution is -0.149. The number of benzene rings is 1. The molecular formula is C25H28F5N3O3. The Labute approximate surface area is 205 Å². The van der Waals surface area contributed by atoms with Crippen LogP contribution in [0.2, 0.25) is 0 Å². The molecule has 0 bridgehead atoms. The number of aromatic nitrogens is 2. The minimum atomic E-state index is -4.69. The lowest BCUT2D eigenvalue weighted by Crippen LogP contribution is -2.38. The van der Waals surface area contributed by atoms with Crippen molar-refractivity contribution in [3.63, 3.8) is 0 Å². The summed E-state index contributed by atoms with van der Waals surface area (Å²) in [5.74, 6) is -2.12. The number of hydrogen-bond donors (Lipinski definition) is 0. The average Bonchev–Trinajstić information content (AvgIpc) is 3.20. The molecular weight excluding hydrogens is 485 g/mol. The maximum absolute atomic E-state index is 14.2.